The standard InChI is InChI=1S/C16H26Cl2O2Si/c1-11(20-21(6,7)16(2,3)4)15(19-5)14-12(17)9-8-10-13(14)18/h8-11,15H,1-7H3/t11?,15-/m1/s1. The lowest BCUT2D eigenvalue weighted by atomic mass is 10.1. The van der Waals surface area contributed by atoms with Gasteiger partial charge in [-0.2, -0.15) is 0 Å². The van der Waals surface area contributed by atoms with Gasteiger partial charge in [0.2, 0.25) is 0 Å². The summed E-state index contributed by atoms with van der Waals surface area (Å²) in [5.74, 6) is 0. The zero-order valence-corrected chi connectivity index (χ0v) is 16.5. The minimum Gasteiger partial charge on any atom is -0.411 e. The van der Waals surface area contributed by atoms with Crippen LogP contribution in [-0.2, 0) is 9.16 Å². The molecule has 1 unspecified atom stereocenters. The van der Waals surface area contributed by atoms with E-state index < -0.39 is 8.32 Å². The summed E-state index contributed by atoms with van der Waals surface area (Å²) < 4.78 is 12.1. The number of benzene rings is 1. The molecule has 1 aromatic carbocycles. The smallest absolute Gasteiger partial charge is 0.192 e. The number of hydrogen-bond donors (Lipinski definition) is 0. The first kappa shape index (κ1) is 19.0. The third-order valence-corrected chi connectivity index (χ3v) is 9.48. The van der Waals surface area contributed by atoms with Gasteiger partial charge in [0, 0.05) is 22.7 Å². The fraction of sp³-hybridized carbons (Fsp3) is 0.625. The van der Waals surface area contributed by atoms with Crippen molar-refractivity contribution in [2.45, 2.75) is 58.0 Å². The number of methoxy groups -OCH3 is 1. The van der Waals surface area contributed by atoms with Gasteiger partial charge in [-0.3, -0.25) is 0 Å². The molecule has 0 amide bonds. The van der Waals surface area contributed by atoms with Crippen molar-refractivity contribution in [1.82, 2.24) is 0 Å². The summed E-state index contributed by atoms with van der Waals surface area (Å²) >= 11 is 12.6. The first-order valence-electron chi connectivity index (χ1n) is 7.16. The molecule has 0 N–H and O–H groups in total. The highest BCUT2D eigenvalue weighted by molar-refractivity contribution is 6.74. The molecular formula is C16H26Cl2O2Si. The molecule has 0 radical (unpaired) electrons. The highest BCUT2D eigenvalue weighted by atomic mass is 35.5. The molecule has 5 heteroatoms. The van der Waals surface area contributed by atoms with E-state index in [1.165, 1.54) is 0 Å². The maximum Gasteiger partial charge on any atom is 0.192 e. The van der Waals surface area contributed by atoms with Crippen LogP contribution in [0.15, 0.2) is 18.2 Å². The van der Waals surface area contributed by atoms with Crippen molar-refractivity contribution < 1.29 is 9.16 Å². The Kier molecular flexibility index (Phi) is 6.34. The number of hydrogen-bond acceptors (Lipinski definition) is 2. The van der Waals surface area contributed by atoms with E-state index in [4.69, 9.17) is 32.4 Å². The second kappa shape index (κ2) is 7.01. The van der Waals surface area contributed by atoms with Crippen molar-refractivity contribution in [2.75, 3.05) is 7.11 Å². The van der Waals surface area contributed by atoms with Gasteiger partial charge in [0.1, 0.15) is 6.10 Å². The van der Waals surface area contributed by atoms with E-state index in [0.717, 1.165) is 5.56 Å². The van der Waals surface area contributed by atoms with Crippen LogP contribution in [0.4, 0.5) is 0 Å². The average Bonchev–Trinajstić information content (AvgIpc) is 2.31. The van der Waals surface area contributed by atoms with Crippen LogP contribution in [0.2, 0.25) is 28.2 Å². The lowest BCUT2D eigenvalue weighted by molar-refractivity contribution is 0.00306. The Hall–Kier alpha value is -0.0631. The van der Waals surface area contributed by atoms with Gasteiger partial charge in [-0.15, -0.1) is 0 Å². The minimum atomic E-state index is -1.88. The van der Waals surface area contributed by atoms with Crippen LogP contribution in [0, 0.1) is 0 Å². The Balaban J connectivity index is 3.06. The summed E-state index contributed by atoms with van der Waals surface area (Å²) in [4.78, 5) is 0. The Labute approximate surface area is 139 Å². The Bertz CT molecular complexity index is 463. The molecule has 0 heterocycles. The Morgan fingerprint density at radius 1 is 1.10 bits per heavy atom. The van der Waals surface area contributed by atoms with E-state index in [0.29, 0.717) is 10.0 Å². The fourth-order valence-electron chi connectivity index (χ4n) is 2.03. The third kappa shape index (κ3) is 4.46. The van der Waals surface area contributed by atoms with Gasteiger partial charge in [0.05, 0.1) is 6.10 Å². The number of rotatable bonds is 5. The molecule has 0 saturated heterocycles. The van der Waals surface area contributed by atoms with Gasteiger partial charge in [-0.25, -0.2) is 0 Å². The summed E-state index contributed by atoms with van der Waals surface area (Å²) in [6.07, 6.45) is -0.395. The quantitative estimate of drug-likeness (QED) is 0.599. The minimum absolute atomic E-state index is 0.117. The Morgan fingerprint density at radius 3 is 1.95 bits per heavy atom. The summed E-state index contributed by atoms with van der Waals surface area (Å²) in [5, 5.41) is 1.36. The lowest BCUT2D eigenvalue weighted by Gasteiger charge is -2.40. The average molecular weight is 349 g/mol. The predicted molar refractivity (Wildman–Crippen MR) is 94.0 cm³/mol. The molecule has 120 valence electrons. The summed E-state index contributed by atoms with van der Waals surface area (Å²) in [6, 6.07) is 5.49. The molecule has 2 nitrogen and oxygen atoms in total. The van der Waals surface area contributed by atoms with E-state index >= 15 is 0 Å². The van der Waals surface area contributed by atoms with E-state index in [1.54, 1.807) is 7.11 Å². The monoisotopic (exact) mass is 348 g/mol. The first-order valence-corrected chi connectivity index (χ1v) is 10.8. The molecule has 1 aromatic rings. The molecule has 2 atom stereocenters. The molecule has 0 aromatic heterocycles. The first-order chi connectivity index (χ1) is 9.51. The van der Waals surface area contributed by atoms with Gasteiger partial charge in [-0.05, 0) is 37.2 Å². The van der Waals surface area contributed by atoms with Crippen LogP contribution in [0.3, 0.4) is 0 Å². The van der Waals surface area contributed by atoms with Crippen LogP contribution in [0.1, 0.15) is 39.4 Å². The van der Waals surface area contributed by atoms with Gasteiger partial charge in [-0.1, -0.05) is 50.0 Å². The zero-order valence-electron chi connectivity index (χ0n) is 14.0. The third-order valence-electron chi connectivity index (χ3n) is 4.25. The maximum absolute atomic E-state index is 6.42. The topological polar surface area (TPSA) is 18.5 Å². The van der Waals surface area contributed by atoms with E-state index in [1.807, 2.05) is 25.1 Å². The largest absolute Gasteiger partial charge is 0.411 e. The van der Waals surface area contributed by atoms with Gasteiger partial charge in [0.25, 0.3) is 0 Å². The summed E-state index contributed by atoms with van der Waals surface area (Å²) in [7, 11) is -0.218. The van der Waals surface area contributed by atoms with Crippen molar-refractivity contribution in [3.05, 3.63) is 33.8 Å². The van der Waals surface area contributed by atoms with Crippen molar-refractivity contribution in [2.24, 2.45) is 0 Å². The van der Waals surface area contributed by atoms with Crippen molar-refractivity contribution >= 4 is 31.5 Å². The summed E-state index contributed by atoms with van der Waals surface area (Å²) in [5.41, 5.74) is 0.801. The maximum atomic E-state index is 6.42. The highest BCUT2D eigenvalue weighted by Gasteiger charge is 2.40. The lowest BCUT2D eigenvalue weighted by Crippen LogP contribution is -2.44. The van der Waals surface area contributed by atoms with E-state index in [2.05, 4.69) is 33.9 Å². The van der Waals surface area contributed by atoms with Gasteiger partial charge in [0.15, 0.2) is 8.32 Å². The zero-order chi connectivity index (χ0) is 16.4. The van der Waals surface area contributed by atoms with Crippen molar-refractivity contribution in [3.63, 3.8) is 0 Å². The summed E-state index contributed by atoms with van der Waals surface area (Å²) in [6.45, 7) is 13.1. The molecule has 0 bridgehead atoms. The second-order valence-electron chi connectivity index (χ2n) is 6.87. The molecule has 21 heavy (non-hydrogen) atoms. The molecular weight excluding hydrogens is 323 g/mol. The van der Waals surface area contributed by atoms with E-state index in [-0.39, 0.29) is 17.2 Å². The molecule has 0 aliphatic carbocycles. The number of halogens is 2. The predicted octanol–water partition coefficient (Wildman–Crippen LogP) is 6.09. The van der Waals surface area contributed by atoms with Crippen molar-refractivity contribution in [3.8, 4) is 0 Å². The van der Waals surface area contributed by atoms with Crippen LogP contribution >= 0.6 is 23.2 Å². The van der Waals surface area contributed by atoms with E-state index in [9.17, 15) is 0 Å². The van der Waals surface area contributed by atoms with Crippen LogP contribution in [0.25, 0.3) is 0 Å². The van der Waals surface area contributed by atoms with Crippen LogP contribution in [0.5, 0.6) is 0 Å². The molecule has 0 aliphatic heterocycles. The van der Waals surface area contributed by atoms with Crippen molar-refractivity contribution in [1.29, 1.82) is 0 Å². The second-order valence-corrected chi connectivity index (χ2v) is 12.4. The molecule has 0 saturated carbocycles. The van der Waals surface area contributed by atoms with Crippen LogP contribution in [-0.4, -0.2) is 21.5 Å². The molecule has 0 spiro atoms. The van der Waals surface area contributed by atoms with Crippen LogP contribution < -0.4 is 0 Å². The molecule has 0 fully saturated rings. The fourth-order valence-corrected chi connectivity index (χ4v) is 4.05. The molecule has 0 aliphatic rings. The SMILES string of the molecule is CO[C@@H](c1c(Cl)cccc1Cl)C(C)O[Si](C)(C)C(C)(C)C. The molecule has 1 rings (SSSR count). The van der Waals surface area contributed by atoms with Gasteiger partial charge < -0.3 is 9.16 Å². The Morgan fingerprint density at radius 2 is 1.57 bits per heavy atom. The normalized spacial score (nSPS) is 15.9. The number of ether oxygens (including phenoxy) is 1. The van der Waals surface area contributed by atoms with Gasteiger partial charge >= 0.3 is 0 Å². The highest BCUT2D eigenvalue weighted by Crippen LogP contribution is 2.41.